The Bertz CT molecular complexity index is 376. The van der Waals surface area contributed by atoms with Crippen LogP contribution < -0.4 is 10.1 Å². The average Bonchev–Trinajstić information content (AvgIpc) is 2.36. The first-order valence-electron chi connectivity index (χ1n) is 6.18. The van der Waals surface area contributed by atoms with Crippen molar-refractivity contribution in [1.82, 2.24) is 5.32 Å². The molecule has 1 atom stereocenters. The molecule has 0 aliphatic carbocycles. The molecule has 0 aromatic heterocycles. The van der Waals surface area contributed by atoms with Gasteiger partial charge in [0.25, 0.3) is 0 Å². The van der Waals surface area contributed by atoms with E-state index in [1.807, 2.05) is 18.2 Å². The molecule has 3 nitrogen and oxygen atoms in total. The molecule has 1 aromatic rings. The highest BCUT2D eigenvalue weighted by atomic mass is 16.5. The summed E-state index contributed by atoms with van der Waals surface area (Å²) < 4.78 is 5.62. The molecular weight excluding hydrogens is 214 g/mol. The van der Waals surface area contributed by atoms with Gasteiger partial charge in [0.05, 0.1) is 6.61 Å². The smallest absolute Gasteiger partial charge is 0.124 e. The molecular formula is C14H21NO2. The van der Waals surface area contributed by atoms with Crippen molar-refractivity contribution in [3.63, 3.8) is 0 Å². The van der Waals surface area contributed by atoms with Crippen LogP contribution in [0.5, 0.6) is 5.75 Å². The van der Waals surface area contributed by atoms with Gasteiger partial charge in [-0.15, -0.1) is 0 Å². The van der Waals surface area contributed by atoms with E-state index < -0.39 is 0 Å². The number of hydrogen-bond donors (Lipinski definition) is 2. The summed E-state index contributed by atoms with van der Waals surface area (Å²) in [6.45, 7) is 5.89. The quantitative estimate of drug-likeness (QED) is 0.840. The lowest BCUT2D eigenvalue weighted by molar-refractivity contribution is 0.148. The summed E-state index contributed by atoms with van der Waals surface area (Å²) in [6.07, 6.45) is 0.985. The Morgan fingerprint density at radius 3 is 2.94 bits per heavy atom. The SMILES string of the molecule is CC(C)(CO)CNC1CCOc2ccccc21. The van der Waals surface area contributed by atoms with Crippen molar-refractivity contribution in [1.29, 1.82) is 0 Å². The number of aliphatic hydroxyl groups excluding tert-OH is 1. The Hall–Kier alpha value is -1.06. The Morgan fingerprint density at radius 1 is 1.41 bits per heavy atom. The molecule has 2 rings (SSSR count). The predicted octanol–water partition coefficient (Wildman–Crippen LogP) is 2.12. The maximum absolute atomic E-state index is 9.25. The minimum atomic E-state index is -0.0761. The second kappa shape index (κ2) is 5.07. The van der Waals surface area contributed by atoms with Crippen molar-refractivity contribution in [2.45, 2.75) is 26.3 Å². The molecule has 94 valence electrons. The predicted molar refractivity (Wildman–Crippen MR) is 68.2 cm³/mol. The lowest BCUT2D eigenvalue weighted by atomic mass is 9.93. The third kappa shape index (κ3) is 2.99. The fourth-order valence-corrected chi connectivity index (χ4v) is 2.01. The number of fused-ring (bicyclic) bond motifs is 1. The summed E-state index contributed by atoms with van der Waals surface area (Å²) in [5.74, 6) is 0.984. The second-order valence-electron chi connectivity index (χ2n) is 5.43. The van der Waals surface area contributed by atoms with E-state index in [0.717, 1.165) is 25.3 Å². The van der Waals surface area contributed by atoms with E-state index in [-0.39, 0.29) is 12.0 Å². The van der Waals surface area contributed by atoms with Crippen LogP contribution in [0.25, 0.3) is 0 Å². The minimum absolute atomic E-state index is 0.0761. The standard InChI is InChI=1S/C14H21NO2/c1-14(2,10-16)9-15-12-7-8-17-13-6-4-3-5-11(12)13/h3-6,12,15-16H,7-10H2,1-2H3. The fraction of sp³-hybridized carbons (Fsp3) is 0.571. The van der Waals surface area contributed by atoms with Gasteiger partial charge in [-0.05, 0) is 6.07 Å². The summed E-state index contributed by atoms with van der Waals surface area (Å²) >= 11 is 0. The first kappa shape index (κ1) is 12.4. The van der Waals surface area contributed by atoms with E-state index in [1.54, 1.807) is 0 Å². The van der Waals surface area contributed by atoms with Crippen molar-refractivity contribution in [3.8, 4) is 5.75 Å². The molecule has 0 amide bonds. The van der Waals surface area contributed by atoms with Crippen LogP contribution in [0.2, 0.25) is 0 Å². The van der Waals surface area contributed by atoms with E-state index in [4.69, 9.17) is 4.74 Å². The molecule has 17 heavy (non-hydrogen) atoms. The van der Waals surface area contributed by atoms with Gasteiger partial charge in [-0.3, -0.25) is 0 Å². The minimum Gasteiger partial charge on any atom is -0.493 e. The van der Waals surface area contributed by atoms with Crippen molar-refractivity contribution in [2.75, 3.05) is 19.8 Å². The molecule has 0 saturated heterocycles. The van der Waals surface area contributed by atoms with Crippen LogP contribution >= 0.6 is 0 Å². The van der Waals surface area contributed by atoms with Gasteiger partial charge in [-0.25, -0.2) is 0 Å². The van der Waals surface area contributed by atoms with E-state index in [1.165, 1.54) is 5.56 Å². The maximum Gasteiger partial charge on any atom is 0.124 e. The largest absolute Gasteiger partial charge is 0.493 e. The molecule has 0 spiro atoms. The maximum atomic E-state index is 9.25. The lowest BCUT2D eigenvalue weighted by Gasteiger charge is -2.30. The van der Waals surface area contributed by atoms with Crippen LogP contribution in [-0.2, 0) is 0 Å². The lowest BCUT2D eigenvalue weighted by Crippen LogP contribution is -2.36. The second-order valence-corrected chi connectivity index (χ2v) is 5.43. The van der Waals surface area contributed by atoms with Crippen LogP contribution in [0.1, 0.15) is 31.9 Å². The average molecular weight is 235 g/mol. The topological polar surface area (TPSA) is 41.5 Å². The van der Waals surface area contributed by atoms with Gasteiger partial charge in [0.2, 0.25) is 0 Å². The summed E-state index contributed by atoms with van der Waals surface area (Å²) in [4.78, 5) is 0. The van der Waals surface area contributed by atoms with Crippen LogP contribution in [0.4, 0.5) is 0 Å². The molecule has 1 unspecified atom stereocenters. The Labute approximate surface area is 103 Å². The molecule has 0 radical (unpaired) electrons. The zero-order valence-electron chi connectivity index (χ0n) is 10.6. The van der Waals surface area contributed by atoms with Crippen LogP contribution in [0.3, 0.4) is 0 Å². The number of hydrogen-bond acceptors (Lipinski definition) is 3. The molecule has 2 N–H and O–H groups in total. The summed E-state index contributed by atoms with van der Waals surface area (Å²) in [7, 11) is 0. The zero-order valence-corrected chi connectivity index (χ0v) is 10.6. The monoisotopic (exact) mass is 235 g/mol. The van der Waals surface area contributed by atoms with Crippen molar-refractivity contribution in [3.05, 3.63) is 29.8 Å². The molecule has 1 aromatic carbocycles. The normalized spacial score (nSPS) is 19.6. The highest BCUT2D eigenvalue weighted by Crippen LogP contribution is 2.31. The number of nitrogens with one attached hydrogen (secondary N) is 1. The number of rotatable bonds is 4. The molecule has 0 bridgehead atoms. The van der Waals surface area contributed by atoms with Gasteiger partial charge < -0.3 is 15.2 Å². The van der Waals surface area contributed by atoms with Crippen molar-refractivity contribution < 1.29 is 9.84 Å². The van der Waals surface area contributed by atoms with Crippen LogP contribution in [0, 0.1) is 5.41 Å². The molecule has 1 heterocycles. The van der Waals surface area contributed by atoms with Gasteiger partial charge >= 0.3 is 0 Å². The third-order valence-electron chi connectivity index (χ3n) is 3.21. The first-order chi connectivity index (χ1) is 8.12. The van der Waals surface area contributed by atoms with E-state index in [0.29, 0.717) is 6.04 Å². The number of benzene rings is 1. The van der Waals surface area contributed by atoms with Gasteiger partial charge in [0.15, 0.2) is 0 Å². The zero-order chi connectivity index (χ0) is 12.3. The molecule has 1 aliphatic rings. The first-order valence-corrected chi connectivity index (χ1v) is 6.18. The third-order valence-corrected chi connectivity index (χ3v) is 3.21. The molecule has 1 aliphatic heterocycles. The fourth-order valence-electron chi connectivity index (χ4n) is 2.01. The summed E-state index contributed by atoms with van der Waals surface area (Å²) in [5, 5.41) is 12.8. The van der Waals surface area contributed by atoms with Crippen molar-refractivity contribution >= 4 is 0 Å². The van der Waals surface area contributed by atoms with Gasteiger partial charge in [0, 0.05) is 36.6 Å². The number of aliphatic hydroxyl groups is 1. The van der Waals surface area contributed by atoms with E-state index in [2.05, 4.69) is 25.2 Å². The summed E-state index contributed by atoms with van der Waals surface area (Å²) in [6, 6.07) is 8.50. The van der Waals surface area contributed by atoms with Crippen LogP contribution in [-0.4, -0.2) is 24.9 Å². The van der Waals surface area contributed by atoms with E-state index in [9.17, 15) is 5.11 Å². The van der Waals surface area contributed by atoms with Crippen molar-refractivity contribution in [2.24, 2.45) is 5.41 Å². The van der Waals surface area contributed by atoms with Gasteiger partial charge in [0.1, 0.15) is 5.75 Å². The summed E-state index contributed by atoms with van der Waals surface area (Å²) in [5.41, 5.74) is 1.15. The number of ether oxygens (including phenoxy) is 1. The molecule has 3 heteroatoms. The van der Waals surface area contributed by atoms with E-state index >= 15 is 0 Å². The number of para-hydroxylation sites is 1. The Balaban J connectivity index is 2.04. The highest BCUT2D eigenvalue weighted by molar-refractivity contribution is 5.37. The van der Waals surface area contributed by atoms with Crippen LogP contribution in [0.15, 0.2) is 24.3 Å². The molecule has 0 saturated carbocycles. The van der Waals surface area contributed by atoms with Gasteiger partial charge in [-0.2, -0.15) is 0 Å². The highest BCUT2D eigenvalue weighted by Gasteiger charge is 2.23. The Kier molecular flexibility index (Phi) is 3.69. The van der Waals surface area contributed by atoms with Gasteiger partial charge in [-0.1, -0.05) is 32.0 Å². The molecule has 0 fully saturated rings. The Morgan fingerprint density at radius 2 is 2.18 bits per heavy atom.